The fraction of sp³-hybridized carbons (Fsp3) is 0.400. The molecule has 84 valence electrons. The number of hydrogen-bond donors (Lipinski definition) is 0. The van der Waals surface area contributed by atoms with E-state index in [9.17, 15) is 0 Å². The van der Waals surface area contributed by atoms with Crippen LogP contribution in [0.2, 0.25) is 0 Å². The van der Waals surface area contributed by atoms with E-state index in [1.165, 1.54) is 4.88 Å². The van der Waals surface area contributed by atoms with E-state index in [1.807, 2.05) is 10.7 Å². The Morgan fingerprint density at radius 2 is 2.56 bits per heavy atom. The molecule has 0 aliphatic carbocycles. The van der Waals surface area contributed by atoms with Gasteiger partial charge in [0.1, 0.15) is 11.8 Å². The Morgan fingerprint density at radius 3 is 3.31 bits per heavy atom. The van der Waals surface area contributed by atoms with Crippen molar-refractivity contribution in [1.82, 2.24) is 15.0 Å². The highest BCUT2D eigenvalue weighted by Crippen LogP contribution is 2.29. The van der Waals surface area contributed by atoms with Gasteiger partial charge < -0.3 is 4.74 Å². The van der Waals surface area contributed by atoms with Crippen molar-refractivity contribution in [2.75, 3.05) is 0 Å². The predicted octanol–water partition coefficient (Wildman–Crippen LogP) is 2.35. The third-order valence-corrected chi connectivity index (χ3v) is 3.88. The highest BCUT2D eigenvalue weighted by Gasteiger charge is 2.24. The molecule has 2 aromatic rings. The lowest BCUT2D eigenvalue weighted by Gasteiger charge is -2.22. The zero-order valence-corrected chi connectivity index (χ0v) is 10.0. The van der Waals surface area contributed by atoms with Crippen LogP contribution < -0.4 is 0 Å². The maximum absolute atomic E-state index is 5.80. The van der Waals surface area contributed by atoms with Crippen molar-refractivity contribution in [3.63, 3.8) is 0 Å². The number of nitrogens with zero attached hydrogens (tertiary/aromatic N) is 3. The van der Waals surface area contributed by atoms with Gasteiger partial charge in [-0.05, 0) is 11.4 Å². The van der Waals surface area contributed by atoms with Gasteiger partial charge in [-0.15, -0.1) is 28.0 Å². The van der Waals surface area contributed by atoms with Crippen molar-refractivity contribution in [1.29, 1.82) is 0 Å². The summed E-state index contributed by atoms with van der Waals surface area (Å²) in [6.45, 7) is 1.26. The first-order chi connectivity index (χ1) is 7.88. The summed E-state index contributed by atoms with van der Waals surface area (Å²) < 4.78 is 7.70. The van der Waals surface area contributed by atoms with Gasteiger partial charge in [-0.25, -0.2) is 4.68 Å². The number of rotatable bonds is 2. The van der Waals surface area contributed by atoms with Gasteiger partial charge in [-0.3, -0.25) is 0 Å². The number of aromatic nitrogens is 3. The molecule has 0 aromatic carbocycles. The molecule has 16 heavy (non-hydrogen) atoms. The molecule has 3 rings (SSSR count). The Hall–Kier alpha value is -0.910. The molecule has 3 heterocycles. The van der Waals surface area contributed by atoms with Crippen molar-refractivity contribution < 1.29 is 4.74 Å². The molecule has 0 fully saturated rings. The van der Waals surface area contributed by atoms with Gasteiger partial charge in [0, 0.05) is 4.88 Å². The highest BCUT2D eigenvalue weighted by molar-refractivity contribution is 7.10. The van der Waals surface area contributed by atoms with E-state index in [0.29, 0.717) is 12.5 Å². The lowest BCUT2D eigenvalue weighted by Crippen LogP contribution is -2.21. The molecule has 4 nitrogen and oxygen atoms in total. The zero-order chi connectivity index (χ0) is 11.0. The number of hydrogen-bond acceptors (Lipinski definition) is 4. The maximum atomic E-state index is 5.80. The van der Waals surface area contributed by atoms with E-state index >= 15 is 0 Å². The highest BCUT2D eigenvalue weighted by atomic mass is 35.5. The summed E-state index contributed by atoms with van der Waals surface area (Å²) in [6, 6.07) is 4.12. The van der Waals surface area contributed by atoms with E-state index in [-0.39, 0.29) is 6.10 Å². The average molecular weight is 256 g/mol. The first kappa shape index (κ1) is 10.3. The summed E-state index contributed by atoms with van der Waals surface area (Å²) in [6.07, 6.45) is 0.0948. The second-order valence-corrected chi connectivity index (χ2v) is 4.86. The Morgan fingerprint density at radius 1 is 1.62 bits per heavy atom. The number of alkyl halides is 1. The maximum Gasteiger partial charge on any atom is 0.112 e. The number of ether oxygens (including phenoxy) is 1. The van der Waals surface area contributed by atoms with E-state index in [4.69, 9.17) is 16.3 Å². The summed E-state index contributed by atoms with van der Waals surface area (Å²) in [5, 5.41) is 10.2. The summed E-state index contributed by atoms with van der Waals surface area (Å²) in [4.78, 5) is 1.23. The summed E-state index contributed by atoms with van der Waals surface area (Å²) in [5.74, 6) is 0.391. The third kappa shape index (κ3) is 1.65. The summed E-state index contributed by atoms with van der Waals surface area (Å²) in [5.41, 5.74) is 1.83. The molecule has 1 atom stereocenters. The lowest BCUT2D eigenvalue weighted by molar-refractivity contribution is 0.000478. The first-order valence-corrected chi connectivity index (χ1v) is 6.42. The molecule has 1 aliphatic rings. The van der Waals surface area contributed by atoms with E-state index < -0.39 is 0 Å². The van der Waals surface area contributed by atoms with Crippen molar-refractivity contribution in [3.05, 3.63) is 33.8 Å². The predicted molar refractivity (Wildman–Crippen MR) is 61.4 cm³/mol. The smallest absolute Gasteiger partial charge is 0.112 e. The van der Waals surface area contributed by atoms with Gasteiger partial charge >= 0.3 is 0 Å². The van der Waals surface area contributed by atoms with Crippen LogP contribution in [0, 0.1) is 0 Å². The fourth-order valence-corrected chi connectivity index (χ4v) is 2.79. The normalized spacial score (nSPS) is 19.7. The van der Waals surface area contributed by atoms with Crippen LogP contribution in [0.1, 0.15) is 22.4 Å². The second-order valence-electron chi connectivity index (χ2n) is 3.61. The van der Waals surface area contributed by atoms with Crippen LogP contribution >= 0.6 is 22.9 Å². The summed E-state index contributed by atoms with van der Waals surface area (Å²) >= 11 is 7.48. The van der Waals surface area contributed by atoms with Crippen LogP contribution in [-0.4, -0.2) is 15.0 Å². The quantitative estimate of drug-likeness (QED) is 0.774. The molecular formula is C10H10ClN3OS. The van der Waals surface area contributed by atoms with E-state index in [2.05, 4.69) is 21.8 Å². The number of halogens is 1. The van der Waals surface area contributed by atoms with Crippen LogP contribution in [0.4, 0.5) is 0 Å². The molecule has 0 bridgehead atoms. The molecular weight excluding hydrogens is 246 g/mol. The number of fused-ring (bicyclic) bond motifs is 1. The molecule has 1 aliphatic heterocycles. The van der Waals surface area contributed by atoms with Gasteiger partial charge in [-0.1, -0.05) is 11.3 Å². The Bertz CT molecular complexity index is 482. The van der Waals surface area contributed by atoms with E-state index in [0.717, 1.165) is 17.9 Å². The van der Waals surface area contributed by atoms with Gasteiger partial charge in [0.2, 0.25) is 0 Å². The Kier molecular flexibility index (Phi) is 2.67. The monoisotopic (exact) mass is 255 g/mol. The number of thiophene rings is 1. The molecule has 1 unspecified atom stereocenters. The first-order valence-electron chi connectivity index (χ1n) is 5.00. The topological polar surface area (TPSA) is 39.9 Å². The fourth-order valence-electron chi connectivity index (χ4n) is 1.81. The second kappa shape index (κ2) is 4.16. The molecule has 6 heteroatoms. The van der Waals surface area contributed by atoms with Crippen molar-refractivity contribution in [3.8, 4) is 0 Å². The Labute approximate surface area is 102 Å². The minimum Gasteiger partial charge on any atom is -0.364 e. The van der Waals surface area contributed by atoms with Gasteiger partial charge in [-0.2, -0.15) is 0 Å². The van der Waals surface area contributed by atoms with Crippen LogP contribution in [0.3, 0.4) is 0 Å². The van der Waals surface area contributed by atoms with Crippen molar-refractivity contribution in [2.24, 2.45) is 0 Å². The van der Waals surface area contributed by atoms with Crippen LogP contribution in [-0.2, 0) is 23.8 Å². The minimum absolute atomic E-state index is 0.0948. The van der Waals surface area contributed by atoms with Gasteiger partial charge in [0.05, 0.1) is 24.7 Å². The van der Waals surface area contributed by atoms with Crippen LogP contribution in [0.25, 0.3) is 0 Å². The molecule has 0 saturated heterocycles. The SMILES string of the molecule is ClCc1nnn2c1COC(c1cccs1)C2. The molecule has 0 radical (unpaired) electrons. The lowest BCUT2D eigenvalue weighted by atomic mass is 10.2. The zero-order valence-electron chi connectivity index (χ0n) is 8.47. The standard InChI is InChI=1S/C10H10ClN3OS/c11-4-7-8-6-15-9(5-14(8)13-12-7)10-2-1-3-16-10/h1-3,9H,4-6H2. The summed E-state index contributed by atoms with van der Waals surface area (Å²) in [7, 11) is 0. The van der Waals surface area contributed by atoms with Crippen LogP contribution in [0.15, 0.2) is 17.5 Å². The van der Waals surface area contributed by atoms with E-state index in [1.54, 1.807) is 11.3 Å². The third-order valence-electron chi connectivity index (χ3n) is 2.67. The molecule has 0 spiro atoms. The molecule has 0 saturated carbocycles. The van der Waals surface area contributed by atoms with Gasteiger partial charge in [0.25, 0.3) is 0 Å². The van der Waals surface area contributed by atoms with Crippen LogP contribution in [0.5, 0.6) is 0 Å². The van der Waals surface area contributed by atoms with Crippen molar-refractivity contribution in [2.45, 2.75) is 25.1 Å². The van der Waals surface area contributed by atoms with Crippen molar-refractivity contribution >= 4 is 22.9 Å². The molecule has 0 amide bonds. The Balaban J connectivity index is 1.87. The largest absolute Gasteiger partial charge is 0.364 e. The molecule has 0 N–H and O–H groups in total. The average Bonchev–Trinajstić information content (AvgIpc) is 2.97. The van der Waals surface area contributed by atoms with Gasteiger partial charge in [0.15, 0.2) is 0 Å². The minimum atomic E-state index is 0.0948. The molecule has 2 aromatic heterocycles.